The van der Waals surface area contributed by atoms with Crippen LogP contribution >= 0.6 is 15.9 Å². The lowest BCUT2D eigenvalue weighted by Crippen LogP contribution is -2.34. The number of carbonyl (C=O) groups is 2. The lowest BCUT2D eigenvalue weighted by atomic mass is 10.2. The number of amides is 2. The maximum absolute atomic E-state index is 11.8. The Bertz CT molecular complexity index is 427. The number of nitrogens with zero attached hydrogens (tertiary/aromatic N) is 1. The van der Waals surface area contributed by atoms with Crippen LogP contribution in [0.15, 0.2) is 28.7 Å². The summed E-state index contributed by atoms with van der Waals surface area (Å²) in [6.45, 7) is 0.386. The molecule has 4 heteroatoms. The van der Waals surface area contributed by atoms with E-state index in [0.717, 1.165) is 22.9 Å². The van der Waals surface area contributed by atoms with Crippen molar-refractivity contribution in [3.63, 3.8) is 0 Å². The Kier molecular flexibility index (Phi) is 3.94. The highest BCUT2D eigenvalue weighted by Crippen LogP contribution is 2.18. The van der Waals surface area contributed by atoms with E-state index in [-0.39, 0.29) is 11.8 Å². The first-order chi connectivity index (χ1) is 8.16. The zero-order chi connectivity index (χ0) is 12.3. The van der Waals surface area contributed by atoms with Crippen LogP contribution in [0.1, 0.15) is 31.2 Å². The molecule has 0 bridgehead atoms. The normalized spacial score (nSPS) is 17.1. The second-order valence-corrected chi connectivity index (χ2v) is 5.13. The summed E-state index contributed by atoms with van der Waals surface area (Å²) in [5, 5.41) is 0. The molecule has 3 nitrogen and oxygen atoms in total. The fraction of sp³-hybridized carbons (Fsp3) is 0.385. The molecule has 0 saturated carbocycles. The van der Waals surface area contributed by atoms with E-state index in [1.54, 1.807) is 0 Å². The van der Waals surface area contributed by atoms with Crippen molar-refractivity contribution in [3.05, 3.63) is 34.3 Å². The van der Waals surface area contributed by atoms with Gasteiger partial charge >= 0.3 is 0 Å². The molecule has 90 valence electrons. The average Bonchev–Trinajstić information content (AvgIpc) is 2.44. The number of hydrogen-bond acceptors (Lipinski definition) is 2. The van der Waals surface area contributed by atoms with Crippen LogP contribution in [-0.2, 0) is 16.1 Å². The van der Waals surface area contributed by atoms with Crippen LogP contribution in [0.4, 0.5) is 0 Å². The lowest BCUT2D eigenvalue weighted by Gasteiger charge is -2.18. The minimum absolute atomic E-state index is 0.0486. The van der Waals surface area contributed by atoms with Crippen molar-refractivity contribution in [1.29, 1.82) is 0 Å². The molecule has 17 heavy (non-hydrogen) atoms. The molecule has 0 aromatic heterocycles. The maximum atomic E-state index is 11.8. The smallest absolute Gasteiger partial charge is 0.229 e. The van der Waals surface area contributed by atoms with E-state index in [9.17, 15) is 9.59 Å². The molecule has 0 atom stereocenters. The predicted octanol–water partition coefficient (Wildman–Crippen LogP) is 2.88. The number of carbonyl (C=O) groups excluding carboxylic acids is 2. The fourth-order valence-electron chi connectivity index (χ4n) is 1.96. The molecule has 1 saturated heterocycles. The van der Waals surface area contributed by atoms with Crippen LogP contribution in [0.25, 0.3) is 0 Å². The first-order valence-corrected chi connectivity index (χ1v) is 6.54. The van der Waals surface area contributed by atoms with Gasteiger partial charge in [0.1, 0.15) is 0 Å². The van der Waals surface area contributed by atoms with Crippen molar-refractivity contribution in [3.8, 4) is 0 Å². The second kappa shape index (κ2) is 5.45. The fourth-order valence-corrected chi connectivity index (χ4v) is 2.40. The average molecular weight is 296 g/mol. The van der Waals surface area contributed by atoms with Gasteiger partial charge in [-0.15, -0.1) is 0 Å². The molecule has 2 rings (SSSR count). The summed E-state index contributed by atoms with van der Waals surface area (Å²) in [6, 6.07) is 7.70. The van der Waals surface area contributed by atoms with E-state index in [0.29, 0.717) is 19.4 Å². The van der Waals surface area contributed by atoms with E-state index in [4.69, 9.17) is 0 Å². The maximum Gasteiger partial charge on any atom is 0.229 e. The molecule has 1 fully saturated rings. The number of halogens is 1. The van der Waals surface area contributed by atoms with Gasteiger partial charge in [0.15, 0.2) is 0 Å². The molecule has 2 amide bonds. The summed E-state index contributed by atoms with van der Waals surface area (Å²) >= 11 is 3.38. The topological polar surface area (TPSA) is 37.4 Å². The van der Waals surface area contributed by atoms with E-state index in [1.807, 2.05) is 24.3 Å². The molecule has 0 radical (unpaired) electrons. The standard InChI is InChI=1S/C13H14BrNO2/c14-11-5-3-4-10(8-11)9-15-12(16)6-1-2-7-13(15)17/h3-5,8H,1-2,6-7,9H2. The van der Waals surface area contributed by atoms with Crippen molar-refractivity contribution in [2.24, 2.45) is 0 Å². The Balaban J connectivity index is 2.15. The van der Waals surface area contributed by atoms with Crippen LogP contribution in [0.5, 0.6) is 0 Å². The molecule has 1 aliphatic heterocycles. The molecule has 1 aromatic rings. The van der Waals surface area contributed by atoms with Crippen molar-refractivity contribution in [2.75, 3.05) is 0 Å². The van der Waals surface area contributed by atoms with Crippen LogP contribution < -0.4 is 0 Å². The first-order valence-electron chi connectivity index (χ1n) is 5.74. The van der Waals surface area contributed by atoms with Crippen molar-refractivity contribution in [2.45, 2.75) is 32.2 Å². The highest BCUT2D eigenvalue weighted by atomic mass is 79.9. The van der Waals surface area contributed by atoms with E-state index in [2.05, 4.69) is 15.9 Å². The van der Waals surface area contributed by atoms with E-state index < -0.39 is 0 Å². The Morgan fingerprint density at radius 1 is 1.12 bits per heavy atom. The van der Waals surface area contributed by atoms with E-state index >= 15 is 0 Å². The van der Waals surface area contributed by atoms with E-state index in [1.165, 1.54) is 4.90 Å². The predicted molar refractivity (Wildman–Crippen MR) is 68.2 cm³/mol. The van der Waals surface area contributed by atoms with Gasteiger partial charge in [-0.25, -0.2) is 0 Å². The number of imide groups is 1. The van der Waals surface area contributed by atoms with Gasteiger partial charge in [0.05, 0.1) is 6.54 Å². The highest BCUT2D eigenvalue weighted by Gasteiger charge is 2.23. The molecule has 1 aromatic carbocycles. The first kappa shape index (κ1) is 12.3. The Labute approximate surface area is 109 Å². The largest absolute Gasteiger partial charge is 0.278 e. The summed E-state index contributed by atoms with van der Waals surface area (Å²) in [5.41, 5.74) is 0.975. The van der Waals surface area contributed by atoms with Gasteiger partial charge < -0.3 is 0 Å². The number of hydrogen-bond donors (Lipinski definition) is 0. The summed E-state index contributed by atoms with van der Waals surface area (Å²) < 4.78 is 0.963. The van der Waals surface area contributed by atoms with Gasteiger partial charge in [-0.05, 0) is 30.5 Å². The zero-order valence-corrected chi connectivity index (χ0v) is 11.1. The minimum atomic E-state index is -0.0486. The summed E-state index contributed by atoms with van der Waals surface area (Å²) in [6.07, 6.45) is 2.61. The third kappa shape index (κ3) is 3.16. The van der Waals surface area contributed by atoms with Crippen molar-refractivity contribution >= 4 is 27.7 Å². The quantitative estimate of drug-likeness (QED) is 0.787. The van der Waals surface area contributed by atoms with Gasteiger partial charge in [0, 0.05) is 17.3 Å². The van der Waals surface area contributed by atoms with Gasteiger partial charge in [0.2, 0.25) is 11.8 Å². The Morgan fingerprint density at radius 3 is 2.35 bits per heavy atom. The number of likely N-dealkylation sites (tertiary alicyclic amines) is 1. The second-order valence-electron chi connectivity index (χ2n) is 4.21. The molecular weight excluding hydrogens is 282 g/mol. The van der Waals surface area contributed by atoms with Gasteiger partial charge in [0.25, 0.3) is 0 Å². The van der Waals surface area contributed by atoms with Gasteiger partial charge in [-0.3, -0.25) is 14.5 Å². The lowest BCUT2D eigenvalue weighted by molar-refractivity contribution is -0.144. The zero-order valence-electron chi connectivity index (χ0n) is 9.49. The Hall–Kier alpha value is -1.16. The van der Waals surface area contributed by atoms with Gasteiger partial charge in [-0.1, -0.05) is 28.1 Å². The van der Waals surface area contributed by atoms with Crippen molar-refractivity contribution < 1.29 is 9.59 Å². The molecule has 0 spiro atoms. The molecule has 1 aliphatic rings. The van der Waals surface area contributed by atoms with Crippen LogP contribution in [-0.4, -0.2) is 16.7 Å². The summed E-state index contributed by atoms with van der Waals surface area (Å²) in [4.78, 5) is 25.0. The molecule has 1 heterocycles. The summed E-state index contributed by atoms with van der Waals surface area (Å²) in [5.74, 6) is -0.0973. The third-order valence-corrected chi connectivity index (χ3v) is 3.36. The van der Waals surface area contributed by atoms with Crippen LogP contribution in [0, 0.1) is 0 Å². The van der Waals surface area contributed by atoms with Crippen LogP contribution in [0.2, 0.25) is 0 Å². The highest BCUT2D eigenvalue weighted by molar-refractivity contribution is 9.10. The minimum Gasteiger partial charge on any atom is -0.278 e. The number of rotatable bonds is 2. The van der Waals surface area contributed by atoms with Crippen LogP contribution in [0.3, 0.4) is 0 Å². The summed E-state index contributed by atoms with van der Waals surface area (Å²) in [7, 11) is 0. The third-order valence-electron chi connectivity index (χ3n) is 2.86. The Morgan fingerprint density at radius 2 is 1.76 bits per heavy atom. The molecule has 0 aliphatic carbocycles. The molecular formula is C13H14BrNO2. The molecule has 0 unspecified atom stereocenters. The van der Waals surface area contributed by atoms with Crippen molar-refractivity contribution in [1.82, 2.24) is 4.90 Å². The monoisotopic (exact) mass is 295 g/mol. The molecule has 0 N–H and O–H groups in total. The SMILES string of the molecule is O=C1CCCCC(=O)N1Cc1cccc(Br)c1. The van der Waals surface area contributed by atoms with Gasteiger partial charge in [-0.2, -0.15) is 0 Å². The number of benzene rings is 1.